The number of aromatic nitrogens is 3. The first-order valence-corrected chi connectivity index (χ1v) is 7.16. The van der Waals surface area contributed by atoms with Crippen LogP contribution in [-0.2, 0) is 0 Å². The van der Waals surface area contributed by atoms with E-state index in [9.17, 15) is 4.79 Å². The molecule has 0 aromatic carbocycles. The third-order valence-corrected chi connectivity index (χ3v) is 4.09. The van der Waals surface area contributed by atoms with E-state index >= 15 is 0 Å². The highest BCUT2D eigenvalue weighted by molar-refractivity contribution is 5.89. The first-order valence-electron chi connectivity index (χ1n) is 7.16. The van der Waals surface area contributed by atoms with Crippen molar-refractivity contribution < 1.29 is 4.79 Å². The van der Waals surface area contributed by atoms with Crippen molar-refractivity contribution in [2.45, 2.75) is 64.0 Å². The highest BCUT2D eigenvalue weighted by Gasteiger charge is 2.30. The van der Waals surface area contributed by atoms with Gasteiger partial charge in [-0.3, -0.25) is 15.3 Å². The fourth-order valence-corrected chi connectivity index (χ4v) is 2.72. The second-order valence-corrected chi connectivity index (χ2v) is 5.80. The normalized spacial score (nSPS) is 28.3. The smallest absolute Gasteiger partial charge is 0.281 e. The van der Waals surface area contributed by atoms with Crippen molar-refractivity contribution >= 4 is 5.91 Å². The molecule has 6 heteroatoms. The number of nitrogens with one attached hydrogen (secondary N) is 2. The van der Waals surface area contributed by atoms with Gasteiger partial charge in [-0.2, -0.15) is 0 Å². The molecule has 1 saturated carbocycles. The SMILES string of the molecule is CC1CCCC(C)N1NC(=O)c1n[nH]c(C2CC2)n1. The van der Waals surface area contributed by atoms with E-state index in [0.29, 0.717) is 18.0 Å². The van der Waals surface area contributed by atoms with Gasteiger partial charge in [-0.1, -0.05) is 6.42 Å². The lowest BCUT2D eigenvalue weighted by Gasteiger charge is -2.38. The van der Waals surface area contributed by atoms with Gasteiger partial charge in [0.05, 0.1) is 0 Å². The van der Waals surface area contributed by atoms with Crippen LogP contribution >= 0.6 is 0 Å². The average molecular weight is 263 g/mol. The molecule has 2 N–H and O–H groups in total. The van der Waals surface area contributed by atoms with Crippen molar-refractivity contribution in [3.05, 3.63) is 11.6 Å². The van der Waals surface area contributed by atoms with Crippen LogP contribution in [0, 0.1) is 0 Å². The summed E-state index contributed by atoms with van der Waals surface area (Å²) in [6.45, 7) is 4.28. The molecule has 1 aliphatic carbocycles. The second kappa shape index (κ2) is 4.92. The molecule has 1 aromatic rings. The van der Waals surface area contributed by atoms with Crippen LogP contribution in [0.3, 0.4) is 0 Å². The molecule has 6 nitrogen and oxygen atoms in total. The molecule has 104 valence electrons. The number of rotatable bonds is 3. The van der Waals surface area contributed by atoms with Crippen LogP contribution < -0.4 is 5.43 Å². The Morgan fingerprint density at radius 1 is 1.26 bits per heavy atom. The highest BCUT2D eigenvalue weighted by atomic mass is 16.2. The molecule has 2 unspecified atom stereocenters. The molecule has 1 saturated heterocycles. The number of amides is 1. The molecule has 0 spiro atoms. The highest BCUT2D eigenvalue weighted by Crippen LogP contribution is 2.37. The van der Waals surface area contributed by atoms with E-state index in [1.807, 2.05) is 5.01 Å². The van der Waals surface area contributed by atoms with Crippen LogP contribution in [0.4, 0.5) is 0 Å². The fraction of sp³-hybridized carbons (Fsp3) is 0.769. The number of H-pyrrole nitrogens is 1. The van der Waals surface area contributed by atoms with Gasteiger partial charge < -0.3 is 0 Å². The molecule has 1 aliphatic heterocycles. The van der Waals surface area contributed by atoms with Crippen LogP contribution in [0.15, 0.2) is 0 Å². The summed E-state index contributed by atoms with van der Waals surface area (Å²) in [6.07, 6.45) is 5.76. The first-order chi connectivity index (χ1) is 9.15. The summed E-state index contributed by atoms with van der Waals surface area (Å²) in [6, 6.07) is 0.740. The van der Waals surface area contributed by atoms with Crippen LogP contribution in [0.25, 0.3) is 0 Å². The Morgan fingerprint density at radius 3 is 2.58 bits per heavy atom. The van der Waals surface area contributed by atoms with Gasteiger partial charge in [0, 0.05) is 18.0 Å². The van der Waals surface area contributed by atoms with Gasteiger partial charge in [0.2, 0.25) is 5.82 Å². The van der Waals surface area contributed by atoms with Gasteiger partial charge in [0.25, 0.3) is 0 Å². The maximum Gasteiger partial charge on any atom is 0.305 e. The predicted octanol–water partition coefficient (Wildman–Crippen LogP) is 1.59. The van der Waals surface area contributed by atoms with Crippen molar-refractivity contribution in [2.75, 3.05) is 0 Å². The van der Waals surface area contributed by atoms with Gasteiger partial charge in [-0.05, 0) is 39.5 Å². The number of carbonyl (C=O) groups excluding carboxylic acids is 1. The van der Waals surface area contributed by atoms with Crippen LogP contribution in [0.5, 0.6) is 0 Å². The maximum absolute atomic E-state index is 12.2. The minimum Gasteiger partial charge on any atom is -0.281 e. The van der Waals surface area contributed by atoms with Gasteiger partial charge in [0.15, 0.2) is 0 Å². The van der Waals surface area contributed by atoms with E-state index in [0.717, 1.165) is 31.5 Å². The Kier molecular flexibility index (Phi) is 3.26. The van der Waals surface area contributed by atoms with Crippen molar-refractivity contribution in [1.29, 1.82) is 0 Å². The van der Waals surface area contributed by atoms with Crippen LogP contribution in [-0.4, -0.2) is 38.2 Å². The Labute approximate surface area is 112 Å². The first kappa shape index (κ1) is 12.6. The van der Waals surface area contributed by atoms with Gasteiger partial charge in [-0.25, -0.2) is 9.99 Å². The number of hydrazine groups is 1. The largest absolute Gasteiger partial charge is 0.305 e. The number of carbonyl (C=O) groups is 1. The van der Waals surface area contributed by atoms with Gasteiger partial charge >= 0.3 is 5.91 Å². The lowest BCUT2D eigenvalue weighted by atomic mass is 10.00. The molecule has 2 fully saturated rings. The van der Waals surface area contributed by atoms with E-state index < -0.39 is 0 Å². The number of nitrogens with zero attached hydrogens (tertiary/aromatic N) is 3. The minimum atomic E-state index is -0.205. The molecule has 1 aromatic heterocycles. The van der Waals surface area contributed by atoms with Gasteiger partial charge in [-0.15, -0.1) is 5.10 Å². The summed E-state index contributed by atoms with van der Waals surface area (Å²) in [7, 11) is 0. The summed E-state index contributed by atoms with van der Waals surface area (Å²) in [5.41, 5.74) is 2.96. The van der Waals surface area contributed by atoms with Crippen molar-refractivity contribution in [3.8, 4) is 0 Å². The molecule has 2 aliphatic rings. The van der Waals surface area contributed by atoms with Gasteiger partial charge in [0.1, 0.15) is 5.82 Å². The summed E-state index contributed by atoms with van der Waals surface area (Å²) >= 11 is 0. The Bertz CT molecular complexity index is 457. The molecule has 2 heterocycles. The maximum atomic E-state index is 12.2. The lowest BCUT2D eigenvalue weighted by Crippen LogP contribution is -2.54. The van der Waals surface area contributed by atoms with E-state index in [4.69, 9.17) is 0 Å². The summed E-state index contributed by atoms with van der Waals surface area (Å²) in [5.74, 6) is 1.39. The zero-order valence-corrected chi connectivity index (χ0v) is 11.5. The Hall–Kier alpha value is -1.43. The van der Waals surface area contributed by atoms with E-state index in [2.05, 4.69) is 34.5 Å². The molecule has 3 rings (SSSR count). The third-order valence-electron chi connectivity index (χ3n) is 4.09. The quantitative estimate of drug-likeness (QED) is 0.868. The van der Waals surface area contributed by atoms with Crippen molar-refractivity contribution in [1.82, 2.24) is 25.6 Å². The van der Waals surface area contributed by atoms with E-state index in [1.54, 1.807) is 0 Å². The van der Waals surface area contributed by atoms with Crippen LogP contribution in [0.1, 0.15) is 68.3 Å². The molecular formula is C13H21N5O. The number of aromatic amines is 1. The Balaban J connectivity index is 1.65. The topological polar surface area (TPSA) is 73.9 Å². The van der Waals surface area contributed by atoms with Crippen molar-refractivity contribution in [3.63, 3.8) is 0 Å². The summed E-state index contributed by atoms with van der Waals surface area (Å²) in [5, 5.41) is 8.93. The molecular weight excluding hydrogens is 242 g/mol. The third kappa shape index (κ3) is 2.63. The molecule has 0 bridgehead atoms. The Morgan fingerprint density at radius 2 is 1.95 bits per heavy atom. The predicted molar refractivity (Wildman–Crippen MR) is 70.4 cm³/mol. The monoisotopic (exact) mass is 263 g/mol. The number of piperidine rings is 1. The number of hydrogen-bond acceptors (Lipinski definition) is 4. The van der Waals surface area contributed by atoms with Crippen LogP contribution in [0.2, 0.25) is 0 Å². The summed E-state index contributed by atoms with van der Waals surface area (Å²) < 4.78 is 0. The molecule has 1 amide bonds. The molecule has 0 radical (unpaired) electrons. The zero-order chi connectivity index (χ0) is 13.4. The standard InChI is InChI=1S/C13H21N5O/c1-8-4-3-5-9(2)18(8)17-13(19)12-14-11(15-16-12)10-6-7-10/h8-10H,3-7H2,1-2H3,(H,17,19)(H,14,15,16). The van der Waals surface area contributed by atoms with E-state index in [-0.39, 0.29) is 11.7 Å². The fourth-order valence-electron chi connectivity index (χ4n) is 2.72. The van der Waals surface area contributed by atoms with Crippen molar-refractivity contribution in [2.24, 2.45) is 0 Å². The second-order valence-electron chi connectivity index (χ2n) is 5.80. The lowest BCUT2D eigenvalue weighted by molar-refractivity contribution is 0.0362. The van der Waals surface area contributed by atoms with E-state index in [1.165, 1.54) is 6.42 Å². The minimum absolute atomic E-state index is 0.205. The summed E-state index contributed by atoms with van der Waals surface area (Å²) in [4.78, 5) is 16.4. The zero-order valence-electron chi connectivity index (χ0n) is 11.5. The number of hydrogen-bond donors (Lipinski definition) is 2. The molecule has 2 atom stereocenters. The average Bonchev–Trinajstić information content (AvgIpc) is 3.12. The molecule has 19 heavy (non-hydrogen) atoms.